The normalized spacial score (nSPS) is 10.5. The van der Waals surface area contributed by atoms with Crippen molar-refractivity contribution in [2.45, 2.75) is 0 Å². The van der Waals surface area contributed by atoms with Gasteiger partial charge in [0.05, 0.1) is 23.3 Å². The summed E-state index contributed by atoms with van der Waals surface area (Å²) in [6.07, 6.45) is 1.43. The SMILES string of the molecule is COc1ccc(/C=N/NC(=O)c2ccc([N+](=O)[O-])cc2)cc1Cl. The first kappa shape index (κ1) is 16.4. The van der Waals surface area contributed by atoms with E-state index < -0.39 is 10.8 Å². The molecule has 0 fully saturated rings. The summed E-state index contributed by atoms with van der Waals surface area (Å²) in [4.78, 5) is 21.9. The van der Waals surface area contributed by atoms with Crippen molar-refractivity contribution in [1.29, 1.82) is 0 Å². The van der Waals surface area contributed by atoms with E-state index in [1.807, 2.05) is 0 Å². The molecule has 0 aliphatic rings. The standard InChI is InChI=1S/C15H12ClN3O4/c1-23-14-7-2-10(8-13(14)16)9-17-18-15(20)11-3-5-12(6-4-11)19(21)22/h2-9H,1H3,(H,18,20)/b17-9+. The van der Waals surface area contributed by atoms with Crippen LogP contribution in [-0.2, 0) is 0 Å². The fraction of sp³-hybridized carbons (Fsp3) is 0.0667. The molecule has 0 saturated heterocycles. The number of non-ortho nitro benzene ring substituents is 1. The van der Waals surface area contributed by atoms with Crippen LogP contribution in [0.4, 0.5) is 5.69 Å². The zero-order valence-electron chi connectivity index (χ0n) is 12.0. The van der Waals surface area contributed by atoms with Crippen molar-refractivity contribution >= 4 is 29.4 Å². The molecule has 0 aromatic heterocycles. The van der Waals surface area contributed by atoms with Crippen molar-refractivity contribution in [3.63, 3.8) is 0 Å². The van der Waals surface area contributed by atoms with E-state index in [0.717, 1.165) is 0 Å². The number of rotatable bonds is 5. The molecule has 2 aromatic carbocycles. The van der Waals surface area contributed by atoms with E-state index in [1.54, 1.807) is 18.2 Å². The summed E-state index contributed by atoms with van der Waals surface area (Å²) in [5, 5.41) is 14.8. The van der Waals surface area contributed by atoms with Gasteiger partial charge in [0, 0.05) is 17.7 Å². The number of nitro benzene ring substituents is 1. The monoisotopic (exact) mass is 333 g/mol. The number of methoxy groups -OCH3 is 1. The maximum atomic E-state index is 11.8. The largest absolute Gasteiger partial charge is 0.495 e. The molecule has 7 nitrogen and oxygen atoms in total. The zero-order valence-corrected chi connectivity index (χ0v) is 12.8. The number of ether oxygens (including phenoxy) is 1. The Bertz CT molecular complexity index is 760. The third-order valence-corrected chi connectivity index (χ3v) is 3.19. The van der Waals surface area contributed by atoms with Gasteiger partial charge in [0.25, 0.3) is 11.6 Å². The number of benzene rings is 2. The first-order valence-corrected chi connectivity index (χ1v) is 6.80. The lowest BCUT2D eigenvalue weighted by Crippen LogP contribution is -2.17. The van der Waals surface area contributed by atoms with Gasteiger partial charge in [-0.25, -0.2) is 5.43 Å². The Hall–Kier alpha value is -2.93. The Kier molecular flexibility index (Phi) is 5.27. The Balaban J connectivity index is 2.00. The minimum atomic E-state index is -0.534. The van der Waals surface area contributed by atoms with Gasteiger partial charge in [-0.2, -0.15) is 5.10 Å². The third-order valence-electron chi connectivity index (χ3n) is 2.90. The molecular weight excluding hydrogens is 322 g/mol. The highest BCUT2D eigenvalue weighted by molar-refractivity contribution is 6.32. The molecule has 2 aromatic rings. The second-order valence-corrected chi connectivity index (χ2v) is 4.80. The van der Waals surface area contributed by atoms with Crippen molar-refractivity contribution in [1.82, 2.24) is 5.43 Å². The van der Waals surface area contributed by atoms with E-state index in [2.05, 4.69) is 10.5 Å². The number of halogens is 1. The predicted octanol–water partition coefficient (Wildman–Crippen LogP) is 3.02. The molecule has 8 heteroatoms. The van der Waals surface area contributed by atoms with Crippen molar-refractivity contribution in [3.8, 4) is 5.75 Å². The lowest BCUT2D eigenvalue weighted by molar-refractivity contribution is -0.384. The van der Waals surface area contributed by atoms with E-state index in [4.69, 9.17) is 16.3 Å². The highest BCUT2D eigenvalue weighted by atomic mass is 35.5. The average Bonchev–Trinajstić information content (AvgIpc) is 2.55. The summed E-state index contributed by atoms with van der Waals surface area (Å²) in [7, 11) is 1.51. The Morgan fingerprint density at radius 2 is 2.00 bits per heavy atom. The molecule has 0 radical (unpaired) electrons. The number of nitrogens with one attached hydrogen (secondary N) is 1. The number of carbonyl (C=O) groups excluding carboxylic acids is 1. The van der Waals surface area contributed by atoms with E-state index >= 15 is 0 Å². The number of hydrazone groups is 1. The molecule has 0 spiro atoms. The minimum absolute atomic E-state index is 0.0853. The molecule has 1 amide bonds. The van der Waals surface area contributed by atoms with Crippen LogP contribution in [0.15, 0.2) is 47.6 Å². The summed E-state index contributed by atoms with van der Waals surface area (Å²) in [6.45, 7) is 0. The minimum Gasteiger partial charge on any atom is -0.495 e. The Morgan fingerprint density at radius 3 is 2.57 bits per heavy atom. The number of nitro groups is 1. The van der Waals surface area contributed by atoms with Crippen molar-refractivity contribution < 1.29 is 14.5 Å². The molecule has 0 bridgehead atoms. The maximum absolute atomic E-state index is 11.8. The molecule has 1 N–H and O–H groups in total. The molecule has 0 aliphatic heterocycles. The van der Waals surface area contributed by atoms with Crippen LogP contribution in [0.25, 0.3) is 0 Å². The van der Waals surface area contributed by atoms with Crippen molar-refractivity contribution in [2.75, 3.05) is 7.11 Å². The van der Waals surface area contributed by atoms with E-state index in [0.29, 0.717) is 16.3 Å². The molecule has 0 atom stereocenters. The summed E-state index contributed by atoms with van der Waals surface area (Å²) < 4.78 is 5.03. The average molecular weight is 334 g/mol. The Morgan fingerprint density at radius 1 is 1.30 bits per heavy atom. The van der Waals surface area contributed by atoms with Gasteiger partial charge in [0.1, 0.15) is 5.75 Å². The highest BCUT2D eigenvalue weighted by Gasteiger charge is 2.08. The molecule has 0 unspecified atom stereocenters. The molecular formula is C15H12ClN3O4. The van der Waals surface area contributed by atoms with Crippen LogP contribution in [0.2, 0.25) is 5.02 Å². The molecule has 23 heavy (non-hydrogen) atoms. The van der Waals surface area contributed by atoms with Gasteiger partial charge in [-0.3, -0.25) is 14.9 Å². The molecule has 118 valence electrons. The molecule has 0 saturated carbocycles. The van der Waals surface area contributed by atoms with Crippen LogP contribution < -0.4 is 10.2 Å². The number of carbonyl (C=O) groups is 1. The number of hydrogen-bond donors (Lipinski definition) is 1. The third kappa shape index (κ3) is 4.27. The summed E-state index contributed by atoms with van der Waals surface area (Å²) >= 11 is 5.98. The number of nitrogens with zero attached hydrogens (tertiary/aromatic N) is 2. The second-order valence-electron chi connectivity index (χ2n) is 4.40. The van der Waals surface area contributed by atoms with Gasteiger partial charge < -0.3 is 4.74 Å². The summed E-state index contributed by atoms with van der Waals surface area (Å²) in [6, 6.07) is 10.3. The summed E-state index contributed by atoms with van der Waals surface area (Å²) in [5.74, 6) is 0.0643. The van der Waals surface area contributed by atoms with Crippen LogP contribution in [0, 0.1) is 10.1 Å². The maximum Gasteiger partial charge on any atom is 0.271 e. The number of hydrogen-bond acceptors (Lipinski definition) is 5. The first-order chi connectivity index (χ1) is 11.0. The van der Waals surface area contributed by atoms with Crippen LogP contribution in [-0.4, -0.2) is 24.2 Å². The van der Waals surface area contributed by atoms with Crippen LogP contribution in [0.5, 0.6) is 5.75 Å². The van der Waals surface area contributed by atoms with Gasteiger partial charge in [-0.15, -0.1) is 0 Å². The molecule has 0 aliphatic carbocycles. The van der Waals surface area contributed by atoms with Gasteiger partial charge in [-0.1, -0.05) is 11.6 Å². The Labute approximate surface area is 136 Å². The van der Waals surface area contributed by atoms with Crippen LogP contribution in [0.1, 0.15) is 15.9 Å². The topological polar surface area (TPSA) is 93.8 Å². The summed E-state index contributed by atoms with van der Waals surface area (Å²) in [5.41, 5.74) is 3.19. The predicted molar refractivity (Wildman–Crippen MR) is 86.2 cm³/mol. The highest BCUT2D eigenvalue weighted by Crippen LogP contribution is 2.24. The number of amides is 1. The fourth-order valence-corrected chi connectivity index (χ4v) is 1.99. The van der Waals surface area contributed by atoms with E-state index in [1.165, 1.54) is 37.6 Å². The first-order valence-electron chi connectivity index (χ1n) is 6.42. The molecule has 0 heterocycles. The fourth-order valence-electron chi connectivity index (χ4n) is 1.73. The zero-order chi connectivity index (χ0) is 16.8. The van der Waals surface area contributed by atoms with Gasteiger partial charge in [0.15, 0.2) is 0 Å². The molecule has 2 rings (SSSR count). The van der Waals surface area contributed by atoms with Crippen molar-refractivity contribution in [2.24, 2.45) is 5.10 Å². The smallest absolute Gasteiger partial charge is 0.271 e. The van der Waals surface area contributed by atoms with Gasteiger partial charge in [0.2, 0.25) is 0 Å². The van der Waals surface area contributed by atoms with E-state index in [9.17, 15) is 14.9 Å². The lowest BCUT2D eigenvalue weighted by Gasteiger charge is -2.03. The van der Waals surface area contributed by atoms with Crippen molar-refractivity contribution in [3.05, 3.63) is 68.7 Å². The van der Waals surface area contributed by atoms with Crippen LogP contribution in [0.3, 0.4) is 0 Å². The van der Waals surface area contributed by atoms with Gasteiger partial charge in [-0.05, 0) is 35.9 Å². The second kappa shape index (κ2) is 7.37. The quantitative estimate of drug-likeness (QED) is 0.517. The van der Waals surface area contributed by atoms with E-state index in [-0.39, 0.29) is 11.3 Å². The van der Waals surface area contributed by atoms with Crippen LogP contribution >= 0.6 is 11.6 Å². The van der Waals surface area contributed by atoms with Gasteiger partial charge >= 0.3 is 0 Å². The lowest BCUT2D eigenvalue weighted by atomic mass is 10.2.